The first-order valence-corrected chi connectivity index (χ1v) is 8.65. The van der Waals surface area contributed by atoms with Crippen molar-refractivity contribution in [3.63, 3.8) is 0 Å². The summed E-state index contributed by atoms with van der Waals surface area (Å²) in [5.74, 6) is 1.58. The van der Waals surface area contributed by atoms with E-state index in [9.17, 15) is 0 Å². The van der Waals surface area contributed by atoms with E-state index in [1.54, 1.807) is 0 Å². The van der Waals surface area contributed by atoms with Gasteiger partial charge in [-0.3, -0.25) is 0 Å². The lowest BCUT2D eigenvalue weighted by Gasteiger charge is -2.29. The molecule has 0 unspecified atom stereocenters. The van der Waals surface area contributed by atoms with E-state index < -0.39 is 0 Å². The van der Waals surface area contributed by atoms with Crippen LogP contribution in [-0.4, -0.2) is 9.97 Å². The highest BCUT2D eigenvalue weighted by atomic mass is 35.5. The van der Waals surface area contributed by atoms with Crippen LogP contribution in [0, 0.1) is 0 Å². The third-order valence-electron chi connectivity index (χ3n) is 4.80. The first-order chi connectivity index (χ1) is 12.7. The molecule has 0 bridgehead atoms. The summed E-state index contributed by atoms with van der Waals surface area (Å²) in [7, 11) is 0. The number of aromatic nitrogens is 2. The SMILES string of the molecule is Nc1ncnc2c1[C@@H](c1ccc(Cl)cc1)c1c(ccc3ccccc13)O2. The predicted molar refractivity (Wildman–Crippen MR) is 103 cm³/mol. The highest BCUT2D eigenvalue weighted by Gasteiger charge is 2.33. The van der Waals surface area contributed by atoms with E-state index in [2.05, 4.69) is 28.2 Å². The van der Waals surface area contributed by atoms with Gasteiger partial charge < -0.3 is 10.5 Å². The van der Waals surface area contributed by atoms with Crippen molar-refractivity contribution in [2.75, 3.05) is 5.73 Å². The largest absolute Gasteiger partial charge is 0.438 e. The van der Waals surface area contributed by atoms with Crippen LogP contribution in [0.25, 0.3) is 10.8 Å². The number of nitrogens with two attached hydrogens (primary N) is 1. The maximum atomic E-state index is 6.24. The first kappa shape index (κ1) is 15.2. The zero-order chi connectivity index (χ0) is 17.7. The summed E-state index contributed by atoms with van der Waals surface area (Å²) in [4.78, 5) is 8.51. The van der Waals surface area contributed by atoms with Gasteiger partial charge in [-0.25, -0.2) is 9.97 Å². The van der Waals surface area contributed by atoms with Gasteiger partial charge in [-0.2, -0.15) is 0 Å². The Morgan fingerprint density at radius 3 is 2.54 bits per heavy atom. The normalized spacial score (nSPS) is 15.2. The third-order valence-corrected chi connectivity index (χ3v) is 5.05. The van der Waals surface area contributed by atoms with Crippen LogP contribution >= 0.6 is 11.6 Å². The number of nitrogen functional groups attached to an aromatic ring is 1. The summed E-state index contributed by atoms with van der Waals surface area (Å²) < 4.78 is 6.08. The van der Waals surface area contributed by atoms with Crippen molar-refractivity contribution in [2.45, 2.75) is 5.92 Å². The molecule has 0 aliphatic carbocycles. The van der Waals surface area contributed by atoms with Crippen LogP contribution in [0.5, 0.6) is 11.6 Å². The van der Waals surface area contributed by atoms with Gasteiger partial charge in [0.05, 0.1) is 5.56 Å². The minimum absolute atomic E-state index is 0.127. The van der Waals surface area contributed by atoms with Crippen molar-refractivity contribution in [3.05, 3.63) is 88.7 Å². The fourth-order valence-electron chi connectivity index (χ4n) is 3.64. The lowest BCUT2D eigenvalue weighted by molar-refractivity contribution is 0.434. The van der Waals surface area contributed by atoms with Crippen LogP contribution in [0.1, 0.15) is 22.6 Å². The number of benzene rings is 3. The minimum atomic E-state index is -0.127. The van der Waals surface area contributed by atoms with Gasteiger partial charge in [-0.15, -0.1) is 0 Å². The van der Waals surface area contributed by atoms with E-state index in [1.165, 1.54) is 6.33 Å². The quantitative estimate of drug-likeness (QED) is 0.449. The summed E-state index contributed by atoms with van der Waals surface area (Å²) in [6, 6.07) is 20.1. The number of hydrogen-bond donors (Lipinski definition) is 1. The summed E-state index contributed by atoms with van der Waals surface area (Å²) in [5.41, 5.74) is 9.17. The third kappa shape index (κ3) is 2.23. The second-order valence-electron chi connectivity index (χ2n) is 6.26. The molecule has 0 amide bonds. The smallest absolute Gasteiger partial charge is 0.228 e. The van der Waals surface area contributed by atoms with Crippen molar-refractivity contribution in [2.24, 2.45) is 0 Å². The topological polar surface area (TPSA) is 61.0 Å². The van der Waals surface area contributed by atoms with Gasteiger partial charge in [-0.05, 0) is 34.5 Å². The standard InChI is InChI=1S/C21H14ClN3O/c22-14-8-5-13(6-9-14)17-18-15-4-2-1-3-12(15)7-10-16(18)26-21-19(17)20(23)24-11-25-21/h1-11,17H,(H2,23,24,25)/t17-/m0/s1. The molecule has 1 aromatic heterocycles. The molecule has 5 rings (SSSR count). The lowest BCUT2D eigenvalue weighted by atomic mass is 9.81. The molecule has 2 heterocycles. The Morgan fingerprint density at radius 2 is 1.69 bits per heavy atom. The van der Waals surface area contributed by atoms with Gasteiger partial charge in [0.2, 0.25) is 5.88 Å². The molecule has 1 atom stereocenters. The van der Waals surface area contributed by atoms with Gasteiger partial charge in [0.25, 0.3) is 0 Å². The molecular weight excluding hydrogens is 346 g/mol. The summed E-state index contributed by atoms with van der Waals surface area (Å²) >= 11 is 6.10. The highest BCUT2D eigenvalue weighted by molar-refractivity contribution is 6.30. The molecule has 26 heavy (non-hydrogen) atoms. The van der Waals surface area contributed by atoms with Crippen LogP contribution in [0.2, 0.25) is 5.02 Å². The molecular formula is C21H14ClN3O. The molecule has 4 aromatic rings. The summed E-state index contributed by atoms with van der Waals surface area (Å²) in [6.45, 7) is 0. The molecule has 0 spiro atoms. The summed E-state index contributed by atoms with van der Waals surface area (Å²) in [6.07, 6.45) is 1.43. The number of ether oxygens (including phenoxy) is 1. The van der Waals surface area contributed by atoms with E-state index in [1.807, 2.05) is 42.5 Å². The van der Waals surface area contributed by atoms with Gasteiger partial charge in [0.1, 0.15) is 17.9 Å². The molecule has 0 radical (unpaired) electrons. The Kier molecular flexibility index (Phi) is 3.33. The van der Waals surface area contributed by atoms with Gasteiger partial charge in [0.15, 0.2) is 0 Å². The Bertz CT molecular complexity index is 1140. The lowest BCUT2D eigenvalue weighted by Crippen LogP contribution is -2.16. The molecule has 2 N–H and O–H groups in total. The van der Waals surface area contributed by atoms with E-state index in [-0.39, 0.29) is 5.92 Å². The molecule has 4 nitrogen and oxygen atoms in total. The Morgan fingerprint density at radius 1 is 0.885 bits per heavy atom. The fraction of sp³-hybridized carbons (Fsp3) is 0.0476. The first-order valence-electron chi connectivity index (χ1n) is 8.27. The predicted octanol–water partition coefficient (Wildman–Crippen LogP) is 5.15. The van der Waals surface area contributed by atoms with Crippen LogP contribution in [0.3, 0.4) is 0 Å². The van der Waals surface area contributed by atoms with Gasteiger partial charge in [-0.1, -0.05) is 54.1 Å². The van der Waals surface area contributed by atoms with Crippen molar-refractivity contribution >= 4 is 28.2 Å². The Hall–Kier alpha value is -3.11. The summed E-state index contributed by atoms with van der Waals surface area (Å²) in [5, 5.41) is 2.96. The molecule has 126 valence electrons. The zero-order valence-corrected chi connectivity index (χ0v) is 14.4. The molecule has 3 aromatic carbocycles. The van der Waals surface area contributed by atoms with Gasteiger partial charge in [0, 0.05) is 16.5 Å². The van der Waals surface area contributed by atoms with Crippen molar-refractivity contribution in [3.8, 4) is 11.6 Å². The number of fused-ring (bicyclic) bond motifs is 4. The second kappa shape index (κ2) is 5.71. The molecule has 1 aliphatic heterocycles. The van der Waals surface area contributed by atoms with Crippen molar-refractivity contribution in [1.29, 1.82) is 0 Å². The molecule has 1 aliphatic rings. The van der Waals surface area contributed by atoms with E-state index in [0.717, 1.165) is 33.2 Å². The molecule has 0 saturated carbocycles. The second-order valence-corrected chi connectivity index (χ2v) is 6.70. The highest BCUT2D eigenvalue weighted by Crippen LogP contribution is 2.50. The number of rotatable bonds is 1. The van der Waals surface area contributed by atoms with E-state index in [4.69, 9.17) is 22.1 Å². The maximum Gasteiger partial charge on any atom is 0.228 e. The van der Waals surface area contributed by atoms with E-state index in [0.29, 0.717) is 16.7 Å². The minimum Gasteiger partial charge on any atom is -0.438 e. The number of halogens is 1. The van der Waals surface area contributed by atoms with Crippen LogP contribution < -0.4 is 10.5 Å². The average Bonchev–Trinajstić information content (AvgIpc) is 2.67. The Balaban J connectivity index is 1.87. The van der Waals surface area contributed by atoms with Crippen LogP contribution in [0.4, 0.5) is 5.82 Å². The maximum absolute atomic E-state index is 6.24. The Labute approximate surface area is 155 Å². The molecule has 0 fully saturated rings. The van der Waals surface area contributed by atoms with Crippen molar-refractivity contribution < 1.29 is 4.74 Å². The zero-order valence-electron chi connectivity index (χ0n) is 13.7. The van der Waals surface area contributed by atoms with E-state index >= 15 is 0 Å². The average molecular weight is 360 g/mol. The van der Waals surface area contributed by atoms with Gasteiger partial charge >= 0.3 is 0 Å². The van der Waals surface area contributed by atoms with Crippen molar-refractivity contribution in [1.82, 2.24) is 9.97 Å². The monoisotopic (exact) mass is 359 g/mol. The van der Waals surface area contributed by atoms with Crippen LogP contribution in [-0.2, 0) is 0 Å². The molecule has 0 saturated heterocycles. The molecule has 5 heteroatoms. The number of anilines is 1. The number of nitrogens with zero attached hydrogens (tertiary/aromatic N) is 2. The van der Waals surface area contributed by atoms with Crippen LogP contribution in [0.15, 0.2) is 67.0 Å². The number of hydrogen-bond acceptors (Lipinski definition) is 4. The fourth-order valence-corrected chi connectivity index (χ4v) is 3.77.